The van der Waals surface area contributed by atoms with Crippen molar-refractivity contribution in [2.45, 2.75) is 17.9 Å². The Morgan fingerprint density at radius 2 is 1.73 bits per heavy atom. The third kappa shape index (κ3) is 2.88. The van der Waals surface area contributed by atoms with Gasteiger partial charge in [-0.25, -0.2) is 4.79 Å². The smallest absolute Gasteiger partial charge is 0.467 e. The fourth-order valence-corrected chi connectivity index (χ4v) is 1.80. The lowest BCUT2D eigenvalue weighted by Gasteiger charge is -2.34. The number of aromatic nitrogens is 1. The zero-order chi connectivity index (χ0) is 17.3. The Morgan fingerprint density at radius 1 is 1.18 bits per heavy atom. The van der Waals surface area contributed by atoms with Gasteiger partial charge in [0, 0.05) is 13.2 Å². The van der Waals surface area contributed by atoms with Gasteiger partial charge in [0.15, 0.2) is 0 Å². The summed E-state index contributed by atoms with van der Waals surface area (Å²) in [6, 6.07) is 1.82. The van der Waals surface area contributed by atoms with Gasteiger partial charge in [0.1, 0.15) is 0 Å². The van der Waals surface area contributed by atoms with Crippen LogP contribution in [0.3, 0.4) is 0 Å². The van der Waals surface area contributed by atoms with Gasteiger partial charge in [-0.05, 0) is 12.1 Å². The SMILES string of the molecule is COC(=O)C(NC(=O)C(F)(F)F)(c1cccn1C)C(F)(F)F. The van der Waals surface area contributed by atoms with Crippen LogP contribution in [0.4, 0.5) is 26.3 Å². The third-order valence-corrected chi connectivity index (χ3v) is 2.80. The lowest BCUT2D eigenvalue weighted by Crippen LogP contribution is -2.64. The van der Waals surface area contributed by atoms with Gasteiger partial charge in [-0.2, -0.15) is 26.3 Å². The Balaban J connectivity index is 3.59. The van der Waals surface area contributed by atoms with Crippen LogP contribution in [0.25, 0.3) is 0 Å². The molecule has 0 aliphatic heterocycles. The maximum Gasteiger partial charge on any atom is 0.471 e. The lowest BCUT2D eigenvalue weighted by molar-refractivity contribution is -0.223. The van der Waals surface area contributed by atoms with Crippen molar-refractivity contribution < 1.29 is 40.7 Å². The highest BCUT2D eigenvalue weighted by molar-refractivity contribution is 5.91. The molecule has 0 saturated heterocycles. The number of carbonyl (C=O) groups is 2. The first kappa shape index (κ1) is 17.9. The van der Waals surface area contributed by atoms with Gasteiger partial charge in [0.2, 0.25) is 0 Å². The quantitative estimate of drug-likeness (QED) is 0.676. The highest BCUT2D eigenvalue weighted by Crippen LogP contribution is 2.41. The minimum Gasteiger partial charge on any atom is -0.467 e. The summed E-state index contributed by atoms with van der Waals surface area (Å²) in [5.41, 5.74) is -4.91. The molecule has 0 bridgehead atoms. The van der Waals surface area contributed by atoms with Gasteiger partial charge in [-0.15, -0.1) is 0 Å². The molecule has 22 heavy (non-hydrogen) atoms. The summed E-state index contributed by atoms with van der Waals surface area (Å²) >= 11 is 0. The average Bonchev–Trinajstić information content (AvgIpc) is 2.78. The van der Waals surface area contributed by atoms with Crippen LogP contribution in [0, 0.1) is 0 Å². The van der Waals surface area contributed by atoms with Crippen LogP contribution in [-0.2, 0) is 26.9 Å². The predicted molar refractivity (Wildman–Crippen MR) is 59.4 cm³/mol. The van der Waals surface area contributed by atoms with E-state index in [0.717, 1.165) is 35.3 Å². The molecule has 1 unspecified atom stereocenters. The van der Waals surface area contributed by atoms with Gasteiger partial charge in [-0.3, -0.25) is 4.79 Å². The van der Waals surface area contributed by atoms with Crippen molar-refractivity contribution >= 4 is 11.9 Å². The summed E-state index contributed by atoms with van der Waals surface area (Å²) in [5.74, 6) is -5.02. The van der Waals surface area contributed by atoms with Crippen LogP contribution in [0.15, 0.2) is 18.3 Å². The highest BCUT2D eigenvalue weighted by Gasteiger charge is 2.66. The van der Waals surface area contributed by atoms with Crippen LogP contribution >= 0.6 is 0 Å². The minimum atomic E-state index is -5.62. The van der Waals surface area contributed by atoms with Crippen molar-refractivity contribution in [3.63, 3.8) is 0 Å². The average molecular weight is 332 g/mol. The number of carbonyl (C=O) groups excluding carboxylic acids is 2. The minimum absolute atomic E-state index is 0.561. The van der Waals surface area contributed by atoms with E-state index in [-0.39, 0.29) is 0 Å². The number of halogens is 6. The molecule has 1 heterocycles. The van der Waals surface area contributed by atoms with Crippen LogP contribution in [0.1, 0.15) is 5.69 Å². The largest absolute Gasteiger partial charge is 0.471 e. The molecule has 1 rings (SSSR count). The zero-order valence-corrected chi connectivity index (χ0v) is 11.2. The summed E-state index contributed by atoms with van der Waals surface area (Å²) in [5, 5.41) is 0.720. The van der Waals surface area contributed by atoms with E-state index in [4.69, 9.17) is 0 Å². The second-order valence-electron chi connectivity index (χ2n) is 4.20. The number of esters is 1. The van der Waals surface area contributed by atoms with Gasteiger partial charge in [0.25, 0.3) is 5.54 Å². The Morgan fingerprint density at radius 3 is 2.05 bits per heavy atom. The number of aryl methyl sites for hydroxylation is 1. The van der Waals surface area contributed by atoms with Gasteiger partial charge < -0.3 is 14.6 Å². The molecule has 0 radical (unpaired) electrons. The maximum atomic E-state index is 13.4. The van der Waals surface area contributed by atoms with Gasteiger partial charge in [-0.1, -0.05) is 0 Å². The highest BCUT2D eigenvalue weighted by atomic mass is 19.4. The number of hydrogen-bond donors (Lipinski definition) is 1. The van der Waals surface area contributed by atoms with Crippen molar-refractivity contribution in [2.24, 2.45) is 7.05 Å². The summed E-state index contributed by atoms with van der Waals surface area (Å²) < 4.78 is 82.0. The molecule has 1 aromatic heterocycles. The molecule has 0 aliphatic carbocycles. The van der Waals surface area contributed by atoms with Gasteiger partial charge >= 0.3 is 24.2 Å². The second kappa shape index (κ2) is 5.54. The molecule has 0 aromatic carbocycles. The van der Waals surface area contributed by atoms with Crippen molar-refractivity contribution in [3.05, 3.63) is 24.0 Å². The first-order valence-corrected chi connectivity index (χ1v) is 5.54. The Hall–Kier alpha value is -2.20. The number of methoxy groups -OCH3 is 1. The van der Waals surface area contributed by atoms with Crippen molar-refractivity contribution in [3.8, 4) is 0 Å². The van der Waals surface area contributed by atoms with Crippen LogP contribution in [-0.4, -0.2) is 35.9 Å². The van der Waals surface area contributed by atoms with E-state index in [1.165, 1.54) is 0 Å². The van der Waals surface area contributed by atoms with Crippen LogP contribution in [0.2, 0.25) is 0 Å². The maximum absolute atomic E-state index is 13.4. The predicted octanol–water partition coefficient (Wildman–Crippen LogP) is 1.63. The first-order valence-electron chi connectivity index (χ1n) is 5.54. The normalized spacial score (nSPS) is 15.1. The number of nitrogens with one attached hydrogen (secondary N) is 1. The molecule has 1 N–H and O–H groups in total. The van der Waals surface area contributed by atoms with E-state index in [1.54, 1.807) is 0 Å². The third-order valence-electron chi connectivity index (χ3n) is 2.80. The number of hydrogen-bond acceptors (Lipinski definition) is 3. The molecule has 0 aliphatic rings. The molecule has 124 valence electrons. The number of alkyl halides is 6. The molecular weight excluding hydrogens is 322 g/mol. The number of nitrogens with zero attached hydrogens (tertiary/aromatic N) is 1. The van der Waals surface area contributed by atoms with Crippen molar-refractivity contribution in [1.29, 1.82) is 0 Å². The fourth-order valence-electron chi connectivity index (χ4n) is 1.80. The topological polar surface area (TPSA) is 60.3 Å². The van der Waals surface area contributed by atoms with Crippen molar-refractivity contribution in [1.82, 2.24) is 9.88 Å². The van der Waals surface area contributed by atoms with E-state index < -0.39 is 35.5 Å². The fraction of sp³-hybridized carbons (Fsp3) is 0.455. The molecule has 0 saturated carbocycles. The Labute approximate surface area is 119 Å². The molecule has 0 fully saturated rings. The van der Waals surface area contributed by atoms with E-state index in [2.05, 4.69) is 4.74 Å². The van der Waals surface area contributed by atoms with E-state index in [1.807, 2.05) is 0 Å². The molecule has 1 aromatic rings. The summed E-state index contributed by atoms with van der Waals surface area (Å²) in [4.78, 5) is 22.7. The van der Waals surface area contributed by atoms with E-state index >= 15 is 0 Å². The number of ether oxygens (including phenoxy) is 1. The molecule has 1 atom stereocenters. The Kier molecular flexibility index (Phi) is 4.49. The zero-order valence-electron chi connectivity index (χ0n) is 11.2. The standard InChI is InChI=1S/C11H10F6N2O3/c1-19-5-3-4-6(19)9(8(21)22-2,11(15,16)17)18-7(20)10(12,13)14/h3-5H,1-2H3,(H,18,20). The summed E-state index contributed by atoms with van der Waals surface area (Å²) in [7, 11) is 1.63. The van der Waals surface area contributed by atoms with E-state index in [0.29, 0.717) is 7.11 Å². The first-order chi connectivity index (χ1) is 9.88. The second-order valence-corrected chi connectivity index (χ2v) is 4.20. The van der Waals surface area contributed by atoms with E-state index in [9.17, 15) is 35.9 Å². The lowest BCUT2D eigenvalue weighted by atomic mass is 9.93. The summed E-state index contributed by atoms with van der Waals surface area (Å²) in [6.45, 7) is 0. The van der Waals surface area contributed by atoms with Crippen LogP contribution < -0.4 is 5.32 Å². The van der Waals surface area contributed by atoms with Crippen LogP contribution in [0.5, 0.6) is 0 Å². The molecule has 5 nitrogen and oxygen atoms in total. The Bertz CT molecular complexity index is 577. The monoisotopic (exact) mass is 332 g/mol. The molecular formula is C11H10F6N2O3. The summed E-state index contributed by atoms with van der Waals surface area (Å²) in [6.07, 6.45) is -10.1. The van der Waals surface area contributed by atoms with Crippen molar-refractivity contribution in [2.75, 3.05) is 7.11 Å². The number of amides is 1. The molecule has 0 spiro atoms. The number of rotatable bonds is 3. The molecule has 11 heteroatoms. The van der Waals surface area contributed by atoms with Gasteiger partial charge in [0.05, 0.1) is 12.8 Å². The molecule has 1 amide bonds.